The Labute approximate surface area is 156 Å². The van der Waals surface area contributed by atoms with Gasteiger partial charge in [-0.05, 0) is 58.8 Å². The van der Waals surface area contributed by atoms with E-state index < -0.39 is 0 Å². The summed E-state index contributed by atoms with van der Waals surface area (Å²) in [5, 5.41) is 3.89. The summed E-state index contributed by atoms with van der Waals surface area (Å²) in [5.41, 5.74) is 4.01. The number of fused-ring (bicyclic) bond motifs is 2. The van der Waals surface area contributed by atoms with Crippen LogP contribution < -0.4 is 5.32 Å². The molecule has 0 radical (unpaired) electrons. The predicted molar refractivity (Wildman–Crippen MR) is 105 cm³/mol. The van der Waals surface area contributed by atoms with Gasteiger partial charge in [0.2, 0.25) is 11.8 Å². The summed E-state index contributed by atoms with van der Waals surface area (Å²) in [6, 6.07) is 10.1. The molecule has 6 nitrogen and oxygen atoms in total. The Balaban J connectivity index is 1.42. The van der Waals surface area contributed by atoms with Gasteiger partial charge in [0.25, 0.3) is 0 Å². The molecule has 4 rings (SSSR count). The van der Waals surface area contributed by atoms with Gasteiger partial charge in [-0.2, -0.15) is 0 Å². The molecule has 0 spiro atoms. The molecule has 2 N–H and O–H groups in total. The first-order valence-electron chi connectivity index (χ1n) is 8.86. The highest BCUT2D eigenvalue weighted by Crippen LogP contribution is 2.21. The molecule has 0 saturated heterocycles. The first-order valence-corrected chi connectivity index (χ1v) is 8.86. The summed E-state index contributed by atoms with van der Waals surface area (Å²) in [7, 11) is 1.79. The monoisotopic (exact) mass is 360 g/mol. The van der Waals surface area contributed by atoms with Crippen molar-refractivity contribution in [2.75, 3.05) is 12.4 Å². The van der Waals surface area contributed by atoms with Crippen molar-refractivity contribution in [2.24, 2.45) is 0 Å². The van der Waals surface area contributed by atoms with Gasteiger partial charge in [0.1, 0.15) is 5.82 Å². The number of benzene rings is 1. The zero-order valence-electron chi connectivity index (χ0n) is 15.0. The first kappa shape index (κ1) is 17.0. The van der Waals surface area contributed by atoms with Crippen molar-refractivity contribution in [3.05, 3.63) is 65.5 Å². The Morgan fingerprint density at radius 2 is 2.15 bits per heavy atom. The van der Waals surface area contributed by atoms with Gasteiger partial charge in [-0.15, -0.1) is 0 Å². The molecule has 3 aromatic rings. The number of nitrogens with one attached hydrogen (secondary N) is 2. The Morgan fingerprint density at radius 1 is 1.26 bits per heavy atom. The highest BCUT2D eigenvalue weighted by Gasteiger charge is 2.15. The maximum atomic E-state index is 12.4. The van der Waals surface area contributed by atoms with Crippen LogP contribution in [0.5, 0.6) is 0 Å². The van der Waals surface area contributed by atoms with E-state index in [4.69, 9.17) is 0 Å². The van der Waals surface area contributed by atoms with Gasteiger partial charge in [-0.3, -0.25) is 9.59 Å². The van der Waals surface area contributed by atoms with Crippen LogP contribution in [0.25, 0.3) is 17.0 Å². The lowest BCUT2D eigenvalue weighted by molar-refractivity contribution is -0.125. The maximum Gasteiger partial charge on any atom is 0.246 e. The summed E-state index contributed by atoms with van der Waals surface area (Å²) in [5.74, 6) is 0.537. The van der Waals surface area contributed by atoms with Crippen LogP contribution in [0.15, 0.2) is 48.8 Å². The number of nitrogens with zero attached hydrogens (tertiary/aromatic N) is 2. The third-order valence-electron chi connectivity index (χ3n) is 4.70. The van der Waals surface area contributed by atoms with Gasteiger partial charge in [0.15, 0.2) is 0 Å². The van der Waals surface area contributed by atoms with Gasteiger partial charge in [0, 0.05) is 44.0 Å². The summed E-state index contributed by atoms with van der Waals surface area (Å²) < 4.78 is 0. The molecule has 6 heteroatoms. The van der Waals surface area contributed by atoms with Gasteiger partial charge in [-0.1, -0.05) is 6.07 Å². The molecule has 2 amide bonds. The van der Waals surface area contributed by atoms with Crippen molar-refractivity contribution < 1.29 is 9.59 Å². The van der Waals surface area contributed by atoms with Crippen LogP contribution >= 0.6 is 0 Å². The van der Waals surface area contributed by atoms with E-state index >= 15 is 0 Å². The molecule has 3 heterocycles. The molecular weight excluding hydrogens is 340 g/mol. The van der Waals surface area contributed by atoms with E-state index in [2.05, 4.69) is 21.4 Å². The van der Waals surface area contributed by atoms with Crippen molar-refractivity contribution in [3.8, 4) is 0 Å². The first-order chi connectivity index (χ1) is 13.1. The number of carbonyl (C=O) groups is 2. The minimum Gasteiger partial charge on any atom is -0.361 e. The van der Waals surface area contributed by atoms with Gasteiger partial charge >= 0.3 is 0 Å². The molecule has 0 aliphatic carbocycles. The molecule has 1 aromatic carbocycles. The number of H-pyrrole nitrogens is 1. The van der Waals surface area contributed by atoms with Crippen LogP contribution in [0.1, 0.15) is 23.1 Å². The minimum absolute atomic E-state index is 0.00655. The number of hydrogen-bond donors (Lipinski definition) is 2. The lowest BCUT2D eigenvalue weighted by Crippen LogP contribution is -2.24. The zero-order chi connectivity index (χ0) is 18.8. The molecule has 0 fully saturated rings. The fraction of sp³-hybridized carbons (Fsp3) is 0.190. The Morgan fingerprint density at radius 3 is 3.04 bits per heavy atom. The molecule has 1 aliphatic rings. The number of carbonyl (C=O) groups excluding carboxylic acids is 2. The SMILES string of the molecule is CN(Cc1ccc2[nH]ccc2c1)C(=O)C=Cc1cnc2c(c1)CCC(=O)N2. The normalized spacial score (nSPS) is 13.6. The van der Waals surface area contributed by atoms with E-state index in [1.165, 1.54) is 0 Å². The number of likely N-dealkylation sites (N-methyl/N-ethyl adjacent to an activating group) is 1. The van der Waals surface area contributed by atoms with E-state index in [0.29, 0.717) is 25.2 Å². The fourth-order valence-electron chi connectivity index (χ4n) is 3.21. The number of hydrogen-bond acceptors (Lipinski definition) is 3. The standard InChI is InChI=1S/C21H20N4O2/c1-25(13-15-2-5-18-16(11-15)8-9-22-18)20(27)7-3-14-10-17-4-6-19(26)24-21(17)23-12-14/h2-3,5,7-12,22H,4,6,13H2,1H3,(H,23,24,26). The van der Waals surface area contributed by atoms with Gasteiger partial charge in [-0.25, -0.2) is 4.98 Å². The van der Waals surface area contributed by atoms with Crippen molar-refractivity contribution in [2.45, 2.75) is 19.4 Å². The van der Waals surface area contributed by atoms with E-state index in [1.807, 2.05) is 30.5 Å². The molecule has 2 aromatic heterocycles. The number of rotatable bonds is 4. The molecule has 1 aliphatic heterocycles. The molecule has 136 valence electrons. The van der Waals surface area contributed by atoms with E-state index in [1.54, 1.807) is 30.3 Å². The Kier molecular flexibility index (Phi) is 4.46. The molecule has 0 bridgehead atoms. The van der Waals surface area contributed by atoms with Gasteiger partial charge in [0.05, 0.1) is 0 Å². The van der Waals surface area contributed by atoms with Crippen LogP contribution in [-0.2, 0) is 22.6 Å². The summed E-state index contributed by atoms with van der Waals surface area (Å²) in [6.45, 7) is 0.540. The second-order valence-corrected chi connectivity index (χ2v) is 6.75. The maximum absolute atomic E-state index is 12.4. The van der Waals surface area contributed by atoms with Crippen molar-refractivity contribution in [3.63, 3.8) is 0 Å². The number of amides is 2. The third kappa shape index (κ3) is 3.74. The molecular formula is C21H20N4O2. The predicted octanol–water partition coefficient (Wildman–Crippen LogP) is 3.12. The number of anilines is 1. The lowest BCUT2D eigenvalue weighted by Gasteiger charge is -2.16. The highest BCUT2D eigenvalue weighted by atomic mass is 16.2. The van der Waals surface area contributed by atoms with Gasteiger partial charge < -0.3 is 15.2 Å². The van der Waals surface area contributed by atoms with Crippen LogP contribution in [-0.4, -0.2) is 33.7 Å². The van der Waals surface area contributed by atoms with E-state index in [9.17, 15) is 9.59 Å². The highest BCUT2D eigenvalue weighted by molar-refractivity contribution is 5.93. The van der Waals surface area contributed by atoms with Crippen molar-refractivity contribution in [1.29, 1.82) is 0 Å². The van der Waals surface area contributed by atoms with Crippen LogP contribution in [0.3, 0.4) is 0 Å². The van der Waals surface area contributed by atoms with Crippen LogP contribution in [0.2, 0.25) is 0 Å². The average molecular weight is 360 g/mol. The minimum atomic E-state index is -0.0739. The summed E-state index contributed by atoms with van der Waals surface area (Å²) in [4.78, 5) is 32.9. The topological polar surface area (TPSA) is 78.1 Å². The second-order valence-electron chi connectivity index (χ2n) is 6.75. The molecule has 27 heavy (non-hydrogen) atoms. The van der Waals surface area contributed by atoms with Crippen LogP contribution in [0.4, 0.5) is 5.82 Å². The summed E-state index contributed by atoms with van der Waals surface area (Å²) in [6.07, 6.45) is 8.02. The molecule has 0 saturated carbocycles. The van der Waals surface area contributed by atoms with Crippen LogP contribution in [0, 0.1) is 0 Å². The van der Waals surface area contributed by atoms with E-state index in [0.717, 1.165) is 27.6 Å². The number of aryl methyl sites for hydroxylation is 1. The number of aromatic amines is 1. The molecule has 0 atom stereocenters. The largest absolute Gasteiger partial charge is 0.361 e. The zero-order valence-corrected chi connectivity index (χ0v) is 15.0. The van der Waals surface area contributed by atoms with Crippen molar-refractivity contribution in [1.82, 2.24) is 14.9 Å². The van der Waals surface area contributed by atoms with Crippen molar-refractivity contribution >= 4 is 34.6 Å². The van der Waals surface area contributed by atoms with E-state index in [-0.39, 0.29) is 11.8 Å². The average Bonchev–Trinajstić information content (AvgIpc) is 3.13. The second kappa shape index (κ2) is 7.07. The third-order valence-corrected chi connectivity index (χ3v) is 4.70. The lowest BCUT2D eigenvalue weighted by atomic mass is 10.0. The smallest absolute Gasteiger partial charge is 0.246 e. The Bertz CT molecular complexity index is 1050. The number of pyridine rings is 1. The Hall–Kier alpha value is -3.41. The summed E-state index contributed by atoms with van der Waals surface area (Å²) >= 11 is 0. The quantitative estimate of drug-likeness (QED) is 0.702. The fourth-order valence-corrected chi connectivity index (χ4v) is 3.21. The number of aromatic nitrogens is 2. The molecule has 0 unspecified atom stereocenters.